The first-order valence-corrected chi connectivity index (χ1v) is 11.2. The van der Waals surface area contributed by atoms with E-state index in [4.69, 9.17) is 9.47 Å². The molecule has 1 aliphatic heterocycles. The third-order valence-electron chi connectivity index (χ3n) is 5.07. The summed E-state index contributed by atoms with van der Waals surface area (Å²) in [5.41, 5.74) is 0.224. The summed E-state index contributed by atoms with van der Waals surface area (Å²) < 4.78 is 51.8. The van der Waals surface area contributed by atoms with Gasteiger partial charge in [0.15, 0.2) is 11.5 Å². The SMILES string of the molecule is CC(C)(NC(=O)c1ccc(S(=O)(=O)Nc2ccccc2F)cc1)c1ccc2c(c1)OCO2. The van der Waals surface area contributed by atoms with Crippen LogP contribution in [0.5, 0.6) is 11.5 Å². The van der Waals surface area contributed by atoms with Gasteiger partial charge in [-0.2, -0.15) is 0 Å². The van der Waals surface area contributed by atoms with Gasteiger partial charge in [-0.3, -0.25) is 9.52 Å². The van der Waals surface area contributed by atoms with E-state index in [-0.39, 0.29) is 28.8 Å². The van der Waals surface area contributed by atoms with Crippen molar-refractivity contribution in [2.75, 3.05) is 11.5 Å². The van der Waals surface area contributed by atoms with Gasteiger partial charge in [0.05, 0.1) is 16.1 Å². The minimum Gasteiger partial charge on any atom is -0.454 e. The minimum atomic E-state index is -4.01. The Morgan fingerprint density at radius 3 is 2.38 bits per heavy atom. The number of anilines is 1. The van der Waals surface area contributed by atoms with Crippen LogP contribution in [-0.4, -0.2) is 21.1 Å². The topological polar surface area (TPSA) is 93.7 Å². The molecule has 0 saturated heterocycles. The van der Waals surface area contributed by atoms with E-state index in [9.17, 15) is 17.6 Å². The molecule has 0 bridgehead atoms. The Morgan fingerprint density at radius 2 is 1.66 bits per heavy atom. The summed E-state index contributed by atoms with van der Waals surface area (Å²) >= 11 is 0. The highest BCUT2D eigenvalue weighted by Crippen LogP contribution is 2.35. The predicted octanol–water partition coefficient (Wildman–Crippen LogP) is 4.02. The quantitative estimate of drug-likeness (QED) is 0.584. The Morgan fingerprint density at radius 1 is 0.969 bits per heavy atom. The lowest BCUT2D eigenvalue weighted by molar-refractivity contribution is 0.0911. The van der Waals surface area contributed by atoms with Crippen LogP contribution in [0, 0.1) is 5.82 Å². The van der Waals surface area contributed by atoms with Gasteiger partial charge in [0.1, 0.15) is 5.82 Å². The van der Waals surface area contributed by atoms with E-state index < -0.39 is 21.4 Å². The predicted molar refractivity (Wildman–Crippen MR) is 117 cm³/mol. The van der Waals surface area contributed by atoms with Crippen molar-refractivity contribution in [1.82, 2.24) is 5.32 Å². The fraction of sp³-hybridized carbons (Fsp3) is 0.174. The van der Waals surface area contributed by atoms with Gasteiger partial charge in [0.25, 0.3) is 15.9 Å². The van der Waals surface area contributed by atoms with Crippen LogP contribution in [0.4, 0.5) is 10.1 Å². The molecule has 0 aliphatic carbocycles. The molecule has 3 aromatic carbocycles. The van der Waals surface area contributed by atoms with E-state index in [1.807, 2.05) is 26.0 Å². The Bertz CT molecular complexity index is 1270. The van der Waals surface area contributed by atoms with Gasteiger partial charge in [-0.1, -0.05) is 18.2 Å². The number of sulfonamides is 1. The fourth-order valence-electron chi connectivity index (χ4n) is 3.25. The third kappa shape index (κ3) is 4.38. The lowest BCUT2D eigenvalue weighted by atomic mass is 9.93. The molecule has 1 heterocycles. The summed E-state index contributed by atoms with van der Waals surface area (Å²) in [6.07, 6.45) is 0. The summed E-state index contributed by atoms with van der Waals surface area (Å²) in [5.74, 6) is 0.204. The summed E-state index contributed by atoms with van der Waals surface area (Å²) in [7, 11) is -4.01. The second kappa shape index (κ2) is 8.16. The normalized spacial score (nSPS) is 13.0. The zero-order chi connectivity index (χ0) is 22.9. The molecule has 0 aromatic heterocycles. The maximum atomic E-state index is 13.8. The molecular formula is C23H21FN2O5S. The maximum Gasteiger partial charge on any atom is 0.261 e. The van der Waals surface area contributed by atoms with Crippen molar-refractivity contribution >= 4 is 21.6 Å². The second-order valence-corrected chi connectivity index (χ2v) is 9.44. The molecule has 32 heavy (non-hydrogen) atoms. The van der Waals surface area contributed by atoms with Gasteiger partial charge in [-0.25, -0.2) is 12.8 Å². The van der Waals surface area contributed by atoms with E-state index in [1.165, 1.54) is 42.5 Å². The highest BCUT2D eigenvalue weighted by atomic mass is 32.2. The van der Waals surface area contributed by atoms with E-state index in [0.717, 1.165) is 11.6 Å². The number of halogens is 1. The van der Waals surface area contributed by atoms with Crippen molar-refractivity contribution in [3.05, 3.63) is 83.7 Å². The van der Waals surface area contributed by atoms with Crippen molar-refractivity contribution in [1.29, 1.82) is 0 Å². The lowest BCUT2D eigenvalue weighted by Crippen LogP contribution is -2.41. The molecule has 0 spiro atoms. The van der Waals surface area contributed by atoms with Crippen LogP contribution in [0.15, 0.2) is 71.6 Å². The molecule has 166 valence electrons. The molecule has 1 amide bonds. The zero-order valence-corrected chi connectivity index (χ0v) is 18.2. The van der Waals surface area contributed by atoms with Gasteiger partial charge in [0, 0.05) is 5.56 Å². The molecule has 7 nitrogen and oxygen atoms in total. The van der Waals surface area contributed by atoms with E-state index >= 15 is 0 Å². The molecule has 0 unspecified atom stereocenters. The highest BCUT2D eigenvalue weighted by Gasteiger charge is 2.26. The number of benzene rings is 3. The molecule has 3 aromatic rings. The van der Waals surface area contributed by atoms with Crippen molar-refractivity contribution in [3.63, 3.8) is 0 Å². The number of rotatable bonds is 6. The number of carbonyl (C=O) groups excluding carboxylic acids is 1. The molecular weight excluding hydrogens is 435 g/mol. The monoisotopic (exact) mass is 456 g/mol. The smallest absolute Gasteiger partial charge is 0.261 e. The van der Waals surface area contributed by atoms with Crippen LogP contribution in [0.2, 0.25) is 0 Å². The molecule has 9 heteroatoms. The van der Waals surface area contributed by atoms with Gasteiger partial charge < -0.3 is 14.8 Å². The van der Waals surface area contributed by atoms with E-state index in [2.05, 4.69) is 10.0 Å². The number of carbonyl (C=O) groups is 1. The highest BCUT2D eigenvalue weighted by molar-refractivity contribution is 7.92. The van der Waals surface area contributed by atoms with Crippen molar-refractivity contribution in [2.45, 2.75) is 24.3 Å². The summed E-state index contributed by atoms with van der Waals surface area (Å²) in [6.45, 7) is 3.85. The minimum absolute atomic E-state index is 0.0904. The van der Waals surface area contributed by atoms with Gasteiger partial charge >= 0.3 is 0 Å². The number of para-hydroxylation sites is 1. The van der Waals surface area contributed by atoms with Crippen LogP contribution < -0.4 is 19.5 Å². The second-order valence-electron chi connectivity index (χ2n) is 7.76. The van der Waals surface area contributed by atoms with Crippen LogP contribution >= 0.6 is 0 Å². The third-order valence-corrected chi connectivity index (χ3v) is 6.45. The summed E-state index contributed by atoms with van der Waals surface area (Å²) in [5, 5.41) is 2.94. The maximum absolute atomic E-state index is 13.8. The molecule has 2 N–H and O–H groups in total. The van der Waals surface area contributed by atoms with Gasteiger partial charge in [0.2, 0.25) is 6.79 Å². The first kappa shape index (κ1) is 21.6. The van der Waals surface area contributed by atoms with E-state index in [1.54, 1.807) is 6.07 Å². The zero-order valence-electron chi connectivity index (χ0n) is 17.4. The molecule has 4 rings (SSSR count). The Balaban J connectivity index is 1.48. The number of ether oxygens (including phenoxy) is 2. The van der Waals surface area contributed by atoms with E-state index in [0.29, 0.717) is 11.5 Å². The molecule has 0 fully saturated rings. The van der Waals surface area contributed by atoms with Crippen LogP contribution in [0.1, 0.15) is 29.8 Å². The summed E-state index contributed by atoms with van der Waals surface area (Å²) in [4.78, 5) is 12.7. The Labute approximate surface area is 185 Å². The van der Waals surface area contributed by atoms with Gasteiger partial charge in [-0.15, -0.1) is 0 Å². The first-order valence-electron chi connectivity index (χ1n) is 9.76. The Kier molecular flexibility index (Phi) is 5.52. The summed E-state index contributed by atoms with van der Waals surface area (Å²) in [6, 6.07) is 16.3. The average molecular weight is 456 g/mol. The van der Waals surface area contributed by atoms with Crippen molar-refractivity contribution < 1.29 is 27.1 Å². The average Bonchev–Trinajstić information content (AvgIpc) is 3.23. The molecule has 0 atom stereocenters. The number of hydrogen-bond acceptors (Lipinski definition) is 5. The first-order chi connectivity index (χ1) is 15.2. The number of amides is 1. The van der Waals surface area contributed by atoms with Crippen molar-refractivity contribution in [3.8, 4) is 11.5 Å². The number of fused-ring (bicyclic) bond motifs is 1. The molecule has 0 saturated carbocycles. The lowest BCUT2D eigenvalue weighted by Gasteiger charge is -2.27. The van der Waals surface area contributed by atoms with Gasteiger partial charge in [-0.05, 0) is 67.9 Å². The van der Waals surface area contributed by atoms with Crippen molar-refractivity contribution in [2.24, 2.45) is 0 Å². The van der Waals surface area contributed by atoms with Crippen LogP contribution in [0.3, 0.4) is 0 Å². The number of hydrogen-bond donors (Lipinski definition) is 2. The Hall–Kier alpha value is -3.59. The largest absolute Gasteiger partial charge is 0.454 e. The number of nitrogens with one attached hydrogen (secondary N) is 2. The van der Waals surface area contributed by atoms with Crippen LogP contribution in [-0.2, 0) is 15.6 Å². The molecule has 1 aliphatic rings. The molecule has 0 radical (unpaired) electrons. The standard InChI is InChI=1S/C23H21FN2O5S/c1-23(2,16-9-12-20-21(13-16)31-14-30-20)25-22(27)15-7-10-17(11-8-15)32(28,29)26-19-6-4-3-5-18(19)24/h3-13,26H,14H2,1-2H3,(H,25,27). The van der Waals surface area contributed by atoms with Crippen LogP contribution in [0.25, 0.3) is 0 Å². The fourth-order valence-corrected chi connectivity index (χ4v) is 4.31.